The highest BCUT2D eigenvalue weighted by Gasteiger charge is 2.22. The molecule has 1 rings (SSSR count). The molecule has 0 spiro atoms. The van der Waals surface area contributed by atoms with Crippen molar-refractivity contribution >= 4 is 11.7 Å². The number of ether oxygens (including phenoxy) is 1. The van der Waals surface area contributed by atoms with E-state index in [1.807, 2.05) is 0 Å². The lowest BCUT2D eigenvalue weighted by Gasteiger charge is -2.13. The van der Waals surface area contributed by atoms with Crippen molar-refractivity contribution in [3.05, 3.63) is 17.5 Å². The number of nitrogens with zero attached hydrogens (tertiary/aromatic N) is 1. The zero-order valence-electron chi connectivity index (χ0n) is 8.41. The fraction of sp³-hybridized carbons (Fsp3) is 0.333. The molecule has 0 aliphatic rings. The van der Waals surface area contributed by atoms with Crippen LogP contribution in [0.15, 0.2) is 6.20 Å². The maximum Gasteiger partial charge on any atom is 0.309 e. The van der Waals surface area contributed by atoms with Crippen molar-refractivity contribution in [1.82, 2.24) is 4.98 Å². The van der Waals surface area contributed by atoms with E-state index in [1.165, 1.54) is 0 Å². The van der Waals surface area contributed by atoms with Gasteiger partial charge in [0, 0.05) is 0 Å². The lowest BCUT2D eigenvalue weighted by Crippen LogP contribution is -2.09. The van der Waals surface area contributed by atoms with Gasteiger partial charge < -0.3 is 15.6 Å². The molecule has 0 saturated heterocycles. The fourth-order valence-electron chi connectivity index (χ4n) is 1.28. The van der Waals surface area contributed by atoms with Gasteiger partial charge in [-0.3, -0.25) is 9.78 Å². The van der Waals surface area contributed by atoms with Gasteiger partial charge in [-0.25, -0.2) is 8.78 Å². The molecule has 0 aromatic carbocycles. The summed E-state index contributed by atoms with van der Waals surface area (Å²) in [5, 5.41) is 8.57. The molecule has 0 aliphatic heterocycles. The van der Waals surface area contributed by atoms with E-state index in [0.29, 0.717) is 0 Å². The Balaban J connectivity index is 3.30. The van der Waals surface area contributed by atoms with Crippen molar-refractivity contribution in [3.8, 4) is 5.75 Å². The minimum absolute atomic E-state index is 0.0699. The van der Waals surface area contributed by atoms with E-state index >= 15 is 0 Å². The summed E-state index contributed by atoms with van der Waals surface area (Å²) >= 11 is 0. The Morgan fingerprint density at radius 2 is 2.31 bits per heavy atom. The van der Waals surface area contributed by atoms with Gasteiger partial charge in [0.15, 0.2) is 5.75 Å². The standard InChI is InChI=1S/C9H10F2N2O3/c1-16-8-5(2-6(14)15)13-3-4(12)7(8)9(10)11/h3,9H,2,12H2,1H3,(H,14,15). The van der Waals surface area contributed by atoms with Gasteiger partial charge in [0.25, 0.3) is 6.43 Å². The summed E-state index contributed by atoms with van der Waals surface area (Å²) in [5.41, 5.74) is 4.52. The molecule has 16 heavy (non-hydrogen) atoms. The first-order valence-corrected chi connectivity index (χ1v) is 4.28. The second-order valence-electron chi connectivity index (χ2n) is 2.98. The predicted octanol–water partition coefficient (Wildman–Crippen LogP) is 1.24. The molecule has 0 unspecified atom stereocenters. The summed E-state index contributed by atoms with van der Waals surface area (Å²) in [6, 6.07) is 0. The average molecular weight is 232 g/mol. The molecule has 0 atom stereocenters. The third kappa shape index (κ3) is 2.36. The molecule has 0 saturated carbocycles. The molecule has 1 aromatic rings. The van der Waals surface area contributed by atoms with E-state index in [-0.39, 0.29) is 17.1 Å². The van der Waals surface area contributed by atoms with Gasteiger partial charge in [-0.1, -0.05) is 0 Å². The number of rotatable bonds is 4. The largest absolute Gasteiger partial charge is 0.494 e. The number of alkyl halides is 2. The quantitative estimate of drug-likeness (QED) is 0.815. The number of methoxy groups -OCH3 is 1. The number of hydrogen-bond donors (Lipinski definition) is 2. The van der Waals surface area contributed by atoms with Gasteiger partial charge >= 0.3 is 5.97 Å². The number of anilines is 1. The second kappa shape index (κ2) is 4.73. The number of aliphatic carboxylic acids is 1. The molecule has 0 fully saturated rings. The topological polar surface area (TPSA) is 85.4 Å². The first kappa shape index (κ1) is 12.2. The maximum atomic E-state index is 12.7. The first-order valence-electron chi connectivity index (χ1n) is 4.28. The number of nitrogens with two attached hydrogens (primary N) is 1. The van der Waals surface area contributed by atoms with Gasteiger partial charge in [-0.05, 0) is 0 Å². The Morgan fingerprint density at radius 3 is 2.75 bits per heavy atom. The third-order valence-corrected chi connectivity index (χ3v) is 1.92. The van der Waals surface area contributed by atoms with E-state index in [0.717, 1.165) is 13.3 Å². The molecule has 5 nitrogen and oxygen atoms in total. The first-order chi connectivity index (χ1) is 7.47. The number of aromatic nitrogens is 1. The minimum Gasteiger partial charge on any atom is -0.494 e. The number of carbonyl (C=O) groups is 1. The predicted molar refractivity (Wildman–Crippen MR) is 51.5 cm³/mol. The Bertz CT molecular complexity index is 410. The third-order valence-electron chi connectivity index (χ3n) is 1.92. The average Bonchev–Trinajstić information content (AvgIpc) is 2.18. The van der Waals surface area contributed by atoms with E-state index < -0.39 is 24.4 Å². The van der Waals surface area contributed by atoms with Crippen LogP contribution in [0.5, 0.6) is 5.75 Å². The van der Waals surface area contributed by atoms with Gasteiger partial charge in [0.05, 0.1) is 36.7 Å². The molecule has 1 aromatic heterocycles. The Kier molecular flexibility index (Phi) is 3.60. The molecule has 1 heterocycles. The lowest BCUT2D eigenvalue weighted by molar-refractivity contribution is -0.136. The van der Waals surface area contributed by atoms with E-state index in [9.17, 15) is 13.6 Å². The second-order valence-corrected chi connectivity index (χ2v) is 2.98. The van der Waals surface area contributed by atoms with Crippen LogP contribution in [0, 0.1) is 0 Å². The summed E-state index contributed by atoms with van der Waals surface area (Å²) in [7, 11) is 1.16. The minimum atomic E-state index is -2.84. The van der Waals surface area contributed by atoms with Crippen LogP contribution < -0.4 is 10.5 Å². The maximum absolute atomic E-state index is 12.7. The zero-order valence-corrected chi connectivity index (χ0v) is 8.41. The summed E-state index contributed by atoms with van der Waals surface area (Å²) in [6.07, 6.45) is -2.34. The van der Waals surface area contributed by atoms with Gasteiger partial charge in [0.1, 0.15) is 0 Å². The number of nitrogen functional groups attached to an aromatic ring is 1. The zero-order chi connectivity index (χ0) is 12.3. The van der Waals surface area contributed by atoms with Crippen molar-refractivity contribution in [1.29, 1.82) is 0 Å². The Hall–Kier alpha value is -1.92. The lowest BCUT2D eigenvalue weighted by atomic mass is 10.1. The molecule has 7 heteroatoms. The number of halogens is 2. The highest BCUT2D eigenvalue weighted by Crippen LogP contribution is 2.35. The molecular weight excluding hydrogens is 222 g/mol. The summed E-state index contributed by atoms with van der Waals surface area (Å²) in [5.74, 6) is -1.45. The number of hydrogen-bond acceptors (Lipinski definition) is 4. The van der Waals surface area contributed by atoms with Crippen molar-refractivity contribution in [2.75, 3.05) is 12.8 Å². The highest BCUT2D eigenvalue weighted by atomic mass is 19.3. The summed E-state index contributed by atoms with van der Waals surface area (Å²) < 4.78 is 30.0. The van der Waals surface area contributed by atoms with Crippen LogP contribution in [0.3, 0.4) is 0 Å². The van der Waals surface area contributed by atoms with Crippen LogP contribution in [0.2, 0.25) is 0 Å². The van der Waals surface area contributed by atoms with Gasteiger partial charge in [-0.15, -0.1) is 0 Å². The normalized spacial score (nSPS) is 10.5. The Labute approximate surface area is 89.9 Å². The van der Waals surface area contributed by atoms with Crippen molar-refractivity contribution < 1.29 is 23.4 Å². The fourth-order valence-corrected chi connectivity index (χ4v) is 1.28. The molecule has 0 bridgehead atoms. The molecule has 88 valence electrons. The van der Waals surface area contributed by atoms with Crippen LogP contribution >= 0.6 is 0 Å². The van der Waals surface area contributed by atoms with Crippen LogP contribution in [0.4, 0.5) is 14.5 Å². The Morgan fingerprint density at radius 1 is 1.69 bits per heavy atom. The van der Waals surface area contributed by atoms with Crippen molar-refractivity contribution in [2.45, 2.75) is 12.8 Å². The van der Waals surface area contributed by atoms with E-state index in [4.69, 9.17) is 15.6 Å². The van der Waals surface area contributed by atoms with Crippen molar-refractivity contribution in [2.24, 2.45) is 0 Å². The number of carboxylic acids is 1. The monoisotopic (exact) mass is 232 g/mol. The number of carboxylic acid groups (broad SMARTS) is 1. The van der Waals surface area contributed by atoms with Crippen LogP contribution in [-0.4, -0.2) is 23.2 Å². The summed E-state index contributed by atoms with van der Waals surface area (Å²) in [6.45, 7) is 0. The van der Waals surface area contributed by atoms with Crippen molar-refractivity contribution in [3.63, 3.8) is 0 Å². The van der Waals surface area contributed by atoms with Gasteiger partial charge in [-0.2, -0.15) is 0 Å². The molecule has 0 radical (unpaired) electrons. The van der Waals surface area contributed by atoms with E-state index in [2.05, 4.69) is 4.98 Å². The SMILES string of the molecule is COc1c(CC(=O)O)ncc(N)c1C(F)F. The van der Waals surface area contributed by atoms with Gasteiger partial charge in [0.2, 0.25) is 0 Å². The van der Waals surface area contributed by atoms with Crippen LogP contribution in [0.25, 0.3) is 0 Å². The molecule has 0 aliphatic carbocycles. The van der Waals surface area contributed by atoms with Crippen LogP contribution in [0.1, 0.15) is 17.7 Å². The molecule has 0 amide bonds. The molecular formula is C9H10F2N2O3. The van der Waals surface area contributed by atoms with E-state index in [1.54, 1.807) is 0 Å². The highest BCUT2D eigenvalue weighted by molar-refractivity contribution is 5.71. The molecule has 3 N–H and O–H groups in total. The smallest absolute Gasteiger partial charge is 0.309 e. The summed E-state index contributed by atoms with van der Waals surface area (Å²) in [4.78, 5) is 14.2. The van der Waals surface area contributed by atoms with Crippen LogP contribution in [-0.2, 0) is 11.2 Å². The number of pyridine rings is 1.